The summed E-state index contributed by atoms with van der Waals surface area (Å²) in [7, 11) is 0. The van der Waals surface area contributed by atoms with Gasteiger partial charge in [0, 0.05) is 19.4 Å². The van der Waals surface area contributed by atoms with Gasteiger partial charge in [-0.05, 0) is 18.8 Å². The van der Waals surface area contributed by atoms with E-state index in [9.17, 15) is 4.79 Å². The van der Waals surface area contributed by atoms with Gasteiger partial charge in [-0.25, -0.2) is 4.99 Å². The summed E-state index contributed by atoms with van der Waals surface area (Å²) in [5.41, 5.74) is -0.485. The van der Waals surface area contributed by atoms with Crippen molar-refractivity contribution in [3.05, 3.63) is 0 Å². The maximum atomic E-state index is 12.2. The molecule has 0 aromatic rings. The van der Waals surface area contributed by atoms with Crippen molar-refractivity contribution < 1.29 is 9.53 Å². The highest BCUT2D eigenvalue weighted by Crippen LogP contribution is 2.31. The molecule has 100 valence electrons. The molecule has 2 heterocycles. The van der Waals surface area contributed by atoms with Gasteiger partial charge < -0.3 is 10.1 Å². The lowest BCUT2D eigenvalue weighted by molar-refractivity contribution is -0.131. The number of nitrogens with zero attached hydrogens (tertiary/aromatic N) is 1. The molecule has 0 bridgehead atoms. The Balaban J connectivity index is 1.75. The predicted molar refractivity (Wildman–Crippen MR) is 68.3 cm³/mol. The first kappa shape index (κ1) is 12.0. The smallest absolute Gasteiger partial charge is 0.252 e. The van der Waals surface area contributed by atoms with Crippen LogP contribution in [0.1, 0.15) is 39.5 Å². The molecule has 2 atom stereocenters. The number of hydrogen-bond donors (Lipinski definition) is 2. The molecule has 1 saturated carbocycles. The van der Waals surface area contributed by atoms with Gasteiger partial charge >= 0.3 is 0 Å². The third-order valence-corrected chi connectivity index (χ3v) is 4.04. The first-order valence-corrected chi connectivity index (χ1v) is 6.88. The predicted octanol–water partition coefficient (Wildman–Crippen LogP) is 0.798. The molecule has 3 rings (SSSR count). The van der Waals surface area contributed by atoms with Crippen LogP contribution < -0.4 is 10.6 Å². The average Bonchev–Trinajstić information content (AvgIpc) is 3.07. The monoisotopic (exact) mass is 251 g/mol. The molecule has 2 aliphatic heterocycles. The Morgan fingerprint density at radius 3 is 2.89 bits per heavy atom. The number of aliphatic imine (C=N–C) groups is 1. The summed E-state index contributed by atoms with van der Waals surface area (Å²) in [6.07, 6.45) is 3.90. The van der Waals surface area contributed by atoms with Crippen LogP contribution in [0.15, 0.2) is 4.99 Å². The second kappa shape index (κ2) is 4.23. The lowest BCUT2D eigenvalue weighted by atomic mass is 9.83. The van der Waals surface area contributed by atoms with Gasteiger partial charge in [0.1, 0.15) is 5.54 Å². The fraction of sp³-hybridized carbons (Fsp3) is 0.846. The molecule has 5 heteroatoms. The van der Waals surface area contributed by atoms with Crippen LogP contribution >= 0.6 is 0 Å². The number of hydrogen-bond acceptors (Lipinski definition) is 3. The summed E-state index contributed by atoms with van der Waals surface area (Å²) < 4.78 is 5.74. The van der Waals surface area contributed by atoms with Crippen LogP contribution in [-0.4, -0.2) is 36.2 Å². The molecule has 1 spiro atoms. The molecule has 18 heavy (non-hydrogen) atoms. The quantitative estimate of drug-likeness (QED) is 0.763. The van der Waals surface area contributed by atoms with Gasteiger partial charge in [-0.15, -0.1) is 0 Å². The zero-order chi connectivity index (χ0) is 12.8. The second-order valence-electron chi connectivity index (χ2n) is 5.98. The van der Waals surface area contributed by atoms with Crippen molar-refractivity contribution in [2.24, 2.45) is 10.9 Å². The lowest BCUT2D eigenvalue weighted by Crippen LogP contribution is -2.54. The summed E-state index contributed by atoms with van der Waals surface area (Å²) >= 11 is 0. The molecule has 3 fully saturated rings. The fourth-order valence-corrected chi connectivity index (χ4v) is 2.63. The SMILES string of the molecule is CC(C)C1CC2(CCO1)NC(=NC1CC1)NC2=O. The fourth-order valence-electron chi connectivity index (χ4n) is 2.63. The van der Waals surface area contributed by atoms with Crippen molar-refractivity contribution in [3.8, 4) is 0 Å². The van der Waals surface area contributed by atoms with Crippen molar-refractivity contribution >= 4 is 11.9 Å². The van der Waals surface area contributed by atoms with E-state index in [1.54, 1.807) is 0 Å². The Bertz CT molecular complexity index is 390. The summed E-state index contributed by atoms with van der Waals surface area (Å²) in [5, 5.41) is 6.21. The zero-order valence-electron chi connectivity index (χ0n) is 11.0. The second-order valence-corrected chi connectivity index (χ2v) is 5.98. The van der Waals surface area contributed by atoms with Crippen molar-refractivity contribution in [2.45, 2.75) is 57.2 Å². The highest BCUT2D eigenvalue weighted by molar-refractivity contribution is 6.09. The number of amides is 1. The van der Waals surface area contributed by atoms with E-state index >= 15 is 0 Å². The molecular formula is C13H21N3O2. The van der Waals surface area contributed by atoms with Crippen LogP contribution in [-0.2, 0) is 9.53 Å². The summed E-state index contributed by atoms with van der Waals surface area (Å²) in [6.45, 7) is 4.91. The normalized spacial score (nSPS) is 38.3. The Morgan fingerprint density at radius 1 is 1.44 bits per heavy atom. The molecule has 5 nitrogen and oxygen atoms in total. The first-order chi connectivity index (χ1) is 8.59. The molecular weight excluding hydrogens is 230 g/mol. The molecule has 2 N–H and O–H groups in total. The maximum absolute atomic E-state index is 12.2. The maximum Gasteiger partial charge on any atom is 0.252 e. The Morgan fingerprint density at radius 2 is 2.22 bits per heavy atom. The van der Waals surface area contributed by atoms with Crippen LogP contribution in [0, 0.1) is 5.92 Å². The largest absolute Gasteiger partial charge is 0.378 e. The molecule has 0 radical (unpaired) electrons. The number of carbonyl (C=O) groups is 1. The van der Waals surface area contributed by atoms with Crippen LogP contribution in [0.4, 0.5) is 0 Å². The average molecular weight is 251 g/mol. The zero-order valence-corrected chi connectivity index (χ0v) is 11.0. The molecule has 1 aliphatic carbocycles. The van der Waals surface area contributed by atoms with Crippen LogP contribution in [0.2, 0.25) is 0 Å². The molecule has 2 unspecified atom stereocenters. The minimum atomic E-state index is -0.485. The van der Waals surface area contributed by atoms with Crippen LogP contribution in [0.25, 0.3) is 0 Å². The summed E-state index contributed by atoms with van der Waals surface area (Å²) in [6, 6.07) is 0.420. The molecule has 0 aromatic carbocycles. The third-order valence-electron chi connectivity index (χ3n) is 4.04. The molecule has 2 saturated heterocycles. The number of nitrogens with one attached hydrogen (secondary N) is 2. The molecule has 0 aromatic heterocycles. The van der Waals surface area contributed by atoms with Crippen molar-refractivity contribution in [1.29, 1.82) is 0 Å². The Labute approximate surface area is 107 Å². The lowest BCUT2D eigenvalue weighted by Gasteiger charge is -2.37. The van der Waals surface area contributed by atoms with Gasteiger partial charge in [-0.1, -0.05) is 13.8 Å². The van der Waals surface area contributed by atoms with E-state index < -0.39 is 5.54 Å². The van der Waals surface area contributed by atoms with E-state index in [2.05, 4.69) is 29.5 Å². The minimum Gasteiger partial charge on any atom is -0.378 e. The van der Waals surface area contributed by atoms with E-state index in [1.807, 2.05) is 0 Å². The van der Waals surface area contributed by atoms with E-state index in [0.29, 0.717) is 24.5 Å². The van der Waals surface area contributed by atoms with E-state index in [1.165, 1.54) is 0 Å². The van der Waals surface area contributed by atoms with Gasteiger partial charge in [-0.3, -0.25) is 10.1 Å². The topological polar surface area (TPSA) is 62.7 Å². The van der Waals surface area contributed by atoms with Gasteiger partial charge in [0.25, 0.3) is 5.91 Å². The highest BCUT2D eigenvalue weighted by atomic mass is 16.5. The highest BCUT2D eigenvalue weighted by Gasteiger charge is 2.49. The number of rotatable bonds is 2. The van der Waals surface area contributed by atoms with E-state index in [-0.39, 0.29) is 12.0 Å². The van der Waals surface area contributed by atoms with Gasteiger partial charge in [0.2, 0.25) is 0 Å². The molecule has 1 amide bonds. The first-order valence-electron chi connectivity index (χ1n) is 6.88. The van der Waals surface area contributed by atoms with Crippen LogP contribution in [0.3, 0.4) is 0 Å². The van der Waals surface area contributed by atoms with Crippen LogP contribution in [0.5, 0.6) is 0 Å². The minimum absolute atomic E-state index is 0.0656. The van der Waals surface area contributed by atoms with Gasteiger partial charge in [0.15, 0.2) is 5.96 Å². The Kier molecular flexibility index (Phi) is 2.81. The third kappa shape index (κ3) is 2.11. The van der Waals surface area contributed by atoms with Crippen molar-refractivity contribution in [3.63, 3.8) is 0 Å². The number of carbonyl (C=O) groups excluding carboxylic acids is 1. The number of ether oxygens (including phenoxy) is 1. The summed E-state index contributed by atoms with van der Waals surface area (Å²) in [4.78, 5) is 16.7. The molecule has 3 aliphatic rings. The van der Waals surface area contributed by atoms with Crippen molar-refractivity contribution in [2.75, 3.05) is 6.61 Å². The van der Waals surface area contributed by atoms with Gasteiger partial charge in [0.05, 0.1) is 12.1 Å². The van der Waals surface area contributed by atoms with E-state index in [4.69, 9.17) is 4.74 Å². The standard InChI is InChI=1S/C13H21N3O2/c1-8(2)10-7-13(5-6-18-10)11(17)15-12(16-13)14-9-3-4-9/h8-10H,3-7H2,1-2H3,(H2,14,15,16,17). The van der Waals surface area contributed by atoms with Gasteiger partial charge in [-0.2, -0.15) is 0 Å². The summed E-state index contributed by atoms with van der Waals surface area (Å²) in [5.74, 6) is 1.17. The Hall–Kier alpha value is -1.10. The number of guanidine groups is 1. The van der Waals surface area contributed by atoms with E-state index in [0.717, 1.165) is 25.7 Å². The van der Waals surface area contributed by atoms with Crippen molar-refractivity contribution in [1.82, 2.24) is 10.6 Å².